The molecule has 2 N–H and O–H groups in total. The third kappa shape index (κ3) is 1.65. The Hall–Kier alpha value is -0.770. The fraction of sp³-hybridized carbons (Fsp3) is 0.538. The Labute approximate surface area is 106 Å². The number of ether oxygens (including phenoxy) is 1. The van der Waals surface area contributed by atoms with Crippen molar-refractivity contribution in [3.63, 3.8) is 0 Å². The van der Waals surface area contributed by atoms with Crippen LogP contribution in [0.25, 0.3) is 0 Å². The van der Waals surface area contributed by atoms with Crippen LogP contribution < -0.4 is 10.6 Å². The third-order valence-corrected chi connectivity index (χ3v) is 4.36. The second kappa shape index (κ2) is 4.16. The lowest BCUT2D eigenvalue weighted by atomic mass is 9.80. The molecule has 1 aromatic carbocycles. The zero-order chi connectivity index (χ0) is 12.0. The minimum atomic E-state index is 0.0326. The molecule has 0 bridgehead atoms. The quantitative estimate of drug-likeness (QED) is 0.769. The van der Waals surface area contributed by atoms with Gasteiger partial charge in [-0.2, -0.15) is 0 Å². The van der Waals surface area contributed by atoms with Gasteiger partial charge in [0.15, 0.2) is 0 Å². The SMILES string of the molecule is CN1c2c(Cl)cccc2C(N)C2COCCC21. The molecule has 1 aromatic rings. The number of nitrogens with two attached hydrogens (primary N) is 1. The van der Waals surface area contributed by atoms with Crippen LogP contribution in [0.5, 0.6) is 0 Å². The van der Waals surface area contributed by atoms with Crippen molar-refractivity contribution in [2.45, 2.75) is 18.5 Å². The Morgan fingerprint density at radius 2 is 2.29 bits per heavy atom. The van der Waals surface area contributed by atoms with Crippen LogP contribution >= 0.6 is 11.6 Å². The first-order chi connectivity index (χ1) is 8.20. The van der Waals surface area contributed by atoms with Gasteiger partial charge in [-0.3, -0.25) is 0 Å². The summed E-state index contributed by atoms with van der Waals surface area (Å²) in [5, 5.41) is 0.797. The molecule has 3 nitrogen and oxygen atoms in total. The molecule has 4 heteroatoms. The molecule has 3 atom stereocenters. The van der Waals surface area contributed by atoms with Gasteiger partial charge < -0.3 is 15.4 Å². The molecule has 2 aliphatic rings. The molecule has 1 saturated heterocycles. The Bertz CT molecular complexity index is 437. The normalized spacial score (nSPS) is 31.9. The Balaban J connectivity index is 2.10. The van der Waals surface area contributed by atoms with Crippen molar-refractivity contribution in [1.82, 2.24) is 0 Å². The van der Waals surface area contributed by atoms with E-state index in [9.17, 15) is 0 Å². The minimum absolute atomic E-state index is 0.0326. The number of halogens is 1. The van der Waals surface area contributed by atoms with Crippen LogP contribution in [0, 0.1) is 5.92 Å². The molecule has 0 amide bonds. The highest BCUT2D eigenvalue weighted by Crippen LogP contribution is 2.44. The second-order valence-electron chi connectivity index (χ2n) is 4.91. The molecule has 0 aliphatic carbocycles. The van der Waals surface area contributed by atoms with Gasteiger partial charge in [0.05, 0.1) is 17.3 Å². The Morgan fingerprint density at radius 1 is 1.47 bits per heavy atom. The summed E-state index contributed by atoms with van der Waals surface area (Å²) >= 11 is 6.31. The van der Waals surface area contributed by atoms with Crippen LogP contribution in [0.15, 0.2) is 18.2 Å². The van der Waals surface area contributed by atoms with Gasteiger partial charge >= 0.3 is 0 Å². The summed E-state index contributed by atoms with van der Waals surface area (Å²) in [6, 6.07) is 6.46. The molecule has 0 radical (unpaired) electrons. The second-order valence-corrected chi connectivity index (χ2v) is 5.32. The summed E-state index contributed by atoms with van der Waals surface area (Å²) in [7, 11) is 2.11. The molecule has 3 unspecified atom stereocenters. The fourth-order valence-electron chi connectivity index (χ4n) is 3.14. The first-order valence-corrected chi connectivity index (χ1v) is 6.42. The lowest BCUT2D eigenvalue weighted by Crippen LogP contribution is -2.52. The lowest BCUT2D eigenvalue weighted by Gasteiger charge is -2.47. The van der Waals surface area contributed by atoms with Gasteiger partial charge in [0.25, 0.3) is 0 Å². The van der Waals surface area contributed by atoms with E-state index < -0.39 is 0 Å². The maximum absolute atomic E-state index is 6.37. The number of benzene rings is 1. The number of hydrogen-bond donors (Lipinski definition) is 1. The lowest BCUT2D eigenvalue weighted by molar-refractivity contribution is 0.0272. The zero-order valence-corrected chi connectivity index (χ0v) is 10.7. The van der Waals surface area contributed by atoms with Crippen molar-refractivity contribution in [1.29, 1.82) is 0 Å². The van der Waals surface area contributed by atoms with E-state index in [1.807, 2.05) is 12.1 Å². The van der Waals surface area contributed by atoms with E-state index in [2.05, 4.69) is 18.0 Å². The number of para-hydroxylation sites is 1. The van der Waals surface area contributed by atoms with E-state index >= 15 is 0 Å². The molecule has 0 saturated carbocycles. The van der Waals surface area contributed by atoms with Gasteiger partial charge in [-0.15, -0.1) is 0 Å². The topological polar surface area (TPSA) is 38.5 Å². The van der Waals surface area contributed by atoms with Gasteiger partial charge in [-0.1, -0.05) is 23.7 Å². The van der Waals surface area contributed by atoms with Crippen molar-refractivity contribution in [2.75, 3.05) is 25.2 Å². The van der Waals surface area contributed by atoms with Crippen LogP contribution in [0.3, 0.4) is 0 Å². The van der Waals surface area contributed by atoms with Gasteiger partial charge in [-0.25, -0.2) is 0 Å². The van der Waals surface area contributed by atoms with Crippen LogP contribution in [-0.2, 0) is 4.74 Å². The van der Waals surface area contributed by atoms with Gasteiger partial charge in [0.1, 0.15) is 0 Å². The minimum Gasteiger partial charge on any atom is -0.381 e. The molecule has 17 heavy (non-hydrogen) atoms. The molecule has 2 aliphatic heterocycles. The van der Waals surface area contributed by atoms with Crippen molar-refractivity contribution >= 4 is 17.3 Å². The zero-order valence-electron chi connectivity index (χ0n) is 9.90. The van der Waals surface area contributed by atoms with Crippen molar-refractivity contribution in [3.8, 4) is 0 Å². The summed E-state index contributed by atoms with van der Waals surface area (Å²) < 4.78 is 5.56. The van der Waals surface area contributed by atoms with E-state index in [-0.39, 0.29) is 6.04 Å². The number of rotatable bonds is 0. The fourth-order valence-corrected chi connectivity index (χ4v) is 3.46. The average Bonchev–Trinajstić information content (AvgIpc) is 2.36. The smallest absolute Gasteiger partial charge is 0.0643 e. The van der Waals surface area contributed by atoms with Crippen molar-refractivity contribution in [2.24, 2.45) is 11.7 Å². The van der Waals surface area contributed by atoms with E-state index in [1.54, 1.807) is 0 Å². The van der Waals surface area contributed by atoms with E-state index in [4.69, 9.17) is 22.1 Å². The Morgan fingerprint density at radius 3 is 3.12 bits per heavy atom. The number of hydrogen-bond acceptors (Lipinski definition) is 3. The van der Waals surface area contributed by atoms with Gasteiger partial charge in [0, 0.05) is 31.7 Å². The average molecular weight is 253 g/mol. The van der Waals surface area contributed by atoms with Gasteiger partial charge in [-0.05, 0) is 18.1 Å². The van der Waals surface area contributed by atoms with Crippen molar-refractivity contribution < 1.29 is 4.74 Å². The highest BCUT2D eigenvalue weighted by atomic mass is 35.5. The molecular formula is C13H17ClN2O. The maximum atomic E-state index is 6.37. The molecule has 3 rings (SSSR count). The molecule has 0 spiro atoms. The molecule has 92 valence electrons. The number of anilines is 1. The van der Waals surface area contributed by atoms with Crippen LogP contribution in [0.2, 0.25) is 5.02 Å². The Kier molecular flexibility index (Phi) is 2.77. The molecule has 2 heterocycles. The number of nitrogens with zero attached hydrogens (tertiary/aromatic N) is 1. The summed E-state index contributed by atoms with van der Waals surface area (Å²) in [6.45, 7) is 1.57. The maximum Gasteiger partial charge on any atom is 0.0643 e. The van der Waals surface area contributed by atoms with Crippen molar-refractivity contribution in [3.05, 3.63) is 28.8 Å². The highest BCUT2D eigenvalue weighted by Gasteiger charge is 2.40. The van der Waals surface area contributed by atoms with E-state index in [0.29, 0.717) is 12.0 Å². The molecule has 0 aromatic heterocycles. The van der Waals surface area contributed by atoms with E-state index in [1.165, 1.54) is 0 Å². The summed E-state index contributed by atoms with van der Waals surface area (Å²) in [4.78, 5) is 2.29. The van der Waals surface area contributed by atoms with Crippen LogP contribution in [-0.4, -0.2) is 26.3 Å². The van der Waals surface area contributed by atoms with Crippen LogP contribution in [0.1, 0.15) is 18.0 Å². The molecule has 1 fully saturated rings. The summed E-state index contributed by atoms with van der Waals surface area (Å²) in [6.07, 6.45) is 1.03. The first-order valence-electron chi connectivity index (χ1n) is 6.04. The third-order valence-electron chi connectivity index (χ3n) is 4.05. The van der Waals surface area contributed by atoms with E-state index in [0.717, 1.165) is 35.9 Å². The largest absolute Gasteiger partial charge is 0.381 e. The highest BCUT2D eigenvalue weighted by molar-refractivity contribution is 6.33. The van der Waals surface area contributed by atoms with Gasteiger partial charge in [0.2, 0.25) is 0 Å². The predicted molar refractivity (Wildman–Crippen MR) is 69.5 cm³/mol. The van der Waals surface area contributed by atoms with Crippen LogP contribution in [0.4, 0.5) is 5.69 Å². The predicted octanol–water partition coefficient (Wildman–Crippen LogP) is 2.19. The monoisotopic (exact) mass is 252 g/mol. The number of fused-ring (bicyclic) bond motifs is 2. The standard InChI is InChI=1S/C13H17ClN2O/c1-16-11-5-6-17-7-9(11)12(15)8-3-2-4-10(14)13(8)16/h2-4,9,11-12H,5-7,15H2,1H3. The summed E-state index contributed by atoms with van der Waals surface area (Å²) in [5.74, 6) is 0.375. The molecular weight excluding hydrogens is 236 g/mol. The summed E-state index contributed by atoms with van der Waals surface area (Å²) in [5.41, 5.74) is 8.61. The first kappa shape index (κ1) is 11.3.